The molecule has 1 fully saturated rings. The zero-order valence-electron chi connectivity index (χ0n) is 14.8. The van der Waals surface area contributed by atoms with Gasteiger partial charge in [0.05, 0.1) is 11.1 Å². The Bertz CT molecular complexity index is 689. The third-order valence-electron chi connectivity index (χ3n) is 4.46. The number of hydrogen-bond acceptors (Lipinski definition) is 4. The van der Waals surface area contributed by atoms with Gasteiger partial charge in [0.25, 0.3) is 5.91 Å². The maximum atomic E-state index is 12.5. The average molecular weight is 386 g/mol. The van der Waals surface area contributed by atoms with Gasteiger partial charge in [0.15, 0.2) is 6.61 Å². The smallest absolute Gasteiger partial charge is 0.416 e. The lowest BCUT2D eigenvalue weighted by molar-refractivity contribution is -0.137. The molecule has 148 valence electrons. The third-order valence-corrected chi connectivity index (χ3v) is 4.46. The molecule has 1 aromatic rings. The molecule has 27 heavy (non-hydrogen) atoms. The molecule has 0 aliphatic heterocycles. The molecule has 1 aliphatic carbocycles. The first kappa shape index (κ1) is 20.7. The highest BCUT2D eigenvalue weighted by molar-refractivity contribution is 5.97. The van der Waals surface area contributed by atoms with Gasteiger partial charge < -0.3 is 10.1 Å². The summed E-state index contributed by atoms with van der Waals surface area (Å²) in [5.41, 5.74) is -1.03. The van der Waals surface area contributed by atoms with E-state index in [1.54, 1.807) is 0 Å². The lowest BCUT2D eigenvalue weighted by Gasteiger charge is -2.29. The van der Waals surface area contributed by atoms with E-state index in [-0.39, 0.29) is 11.6 Å². The van der Waals surface area contributed by atoms with Gasteiger partial charge in [0.2, 0.25) is 0 Å². The molecule has 9 heteroatoms. The van der Waals surface area contributed by atoms with Gasteiger partial charge in [-0.3, -0.25) is 10.1 Å². The van der Waals surface area contributed by atoms with E-state index in [0.717, 1.165) is 49.9 Å². The van der Waals surface area contributed by atoms with E-state index in [0.29, 0.717) is 5.92 Å². The molecule has 6 nitrogen and oxygen atoms in total. The summed E-state index contributed by atoms with van der Waals surface area (Å²) >= 11 is 0. The van der Waals surface area contributed by atoms with Crippen molar-refractivity contribution < 1.29 is 32.3 Å². The molecule has 1 aliphatic rings. The maximum absolute atomic E-state index is 12.5. The molecule has 2 atom stereocenters. The Labute approximate surface area is 154 Å². The summed E-state index contributed by atoms with van der Waals surface area (Å²) in [5, 5.41) is 4.79. The number of esters is 1. The first-order chi connectivity index (χ1) is 12.7. The van der Waals surface area contributed by atoms with Crippen LogP contribution in [0, 0.1) is 5.92 Å². The van der Waals surface area contributed by atoms with E-state index in [4.69, 9.17) is 4.74 Å². The molecule has 2 N–H and O–H groups in total. The molecule has 2 rings (SSSR count). The minimum atomic E-state index is -4.51. The van der Waals surface area contributed by atoms with Crippen LogP contribution in [-0.4, -0.2) is 30.6 Å². The molecule has 1 saturated carbocycles. The van der Waals surface area contributed by atoms with E-state index >= 15 is 0 Å². The standard InChI is InChI=1S/C18H21F3N2O4/c1-11-4-2-3-5-14(11)22-17(26)23-15(24)10-27-16(25)12-6-8-13(9-7-12)18(19,20)21/h6-9,11,14H,2-5,10H2,1H3,(H2,22,23,24,26)/t11-,14-/m1/s1. The highest BCUT2D eigenvalue weighted by Crippen LogP contribution is 2.29. The van der Waals surface area contributed by atoms with Crippen molar-refractivity contribution in [2.24, 2.45) is 5.92 Å². The third kappa shape index (κ3) is 6.26. The first-order valence-corrected chi connectivity index (χ1v) is 8.61. The van der Waals surface area contributed by atoms with Gasteiger partial charge in [-0.25, -0.2) is 9.59 Å². The quantitative estimate of drug-likeness (QED) is 0.778. The summed E-state index contributed by atoms with van der Waals surface area (Å²) in [5.74, 6) is -1.46. The molecule has 0 bridgehead atoms. The molecule has 3 amide bonds. The van der Waals surface area contributed by atoms with E-state index in [9.17, 15) is 27.6 Å². The predicted octanol–water partition coefficient (Wildman–Crippen LogP) is 3.27. The van der Waals surface area contributed by atoms with Crippen LogP contribution in [0.2, 0.25) is 0 Å². The number of alkyl halides is 3. The highest BCUT2D eigenvalue weighted by Gasteiger charge is 2.30. The molecule has 0 aromatic heterocycles. The Morgan fingerprint density at radius 2 is 1.74 bits per heavy atom. The second-order valence-electron chi connectivity index (χ2n) is 6.54. The van der Waals surface area contributed by atoms with Crippen molar-refractivity contribution in [1.82, 2.24) is 10.6 Å². The number of carbonyl (C=O) groups excluding carboxylic acids is 3. The number of ether oxygens (including phenoxy) is 1. The minimum Gasteiger partial charge on any atom is -0.452 e. The number of hydrogen-bond donors (Lipinski definition) is 2. The van der Waals surface area contributed by atoms with E-state index in [1.165, 1.54) is 0 Å². The number of halogens is 3. The van der Waals surface area contributed by atoms with Gasteiger partial charge in [0.1, 0.15) is 0 Å². The summed E-state index contributed by atoms with van der Waals surface area (Å²) in [4.78, 5) is 35.3. The van der Waals surface area contributed by atoms with Gasteiger partial charge in [-0.15, -0.1) is 0 Å². The van der Waals surface area contributed by atoms with Crippen LogP contribution in [0.15, 0.2) is 24.3 Å². The van der Waals surface area contributed by atoms with Crippen molar-refractivity contribution in [3.63, 3.8) is 0 Å². The van der Waals surface area contributed by atoms with Crippen LogP contribution in [-0.2, 0) is 15.7 Å². The van der Waals surface area contributed by atoms with Gasteiger partial charge in [-0.1, -0.05) is 19.8 Å². The van der Waals surface area contributed by atoms with Gasteiger partial charge in [-0.05, 0) is 43.0 Å². The lowest BCUT2D eigenvalue weighted by atomic mass is 9.86. The van der Waals surface area contributed by atoms with Crippen molar-refractivity contribution in [2.75, 3.05) is 6.61 Å². The number of benzene rings is 1. The second-order valence-corrected chi connectivity index (χ2v) is 6.54. The number of nitrogens with one attached hydrogen (secondary N) is 2. The fourth-order valence-electron chi connectivity index (χ4n) is 2.91. The van der Waals surface area contributed by atoms with Gasteiger partial charge in [0, 0.05) is 6.04 Å². The van der Waals surface area contributed by atoms with Crippen molar-refractivity contribution in [3.8, 4) is 0 Å². The summed E-state index contributed by atoms with van der Waals surface area (Å²) < 4.78 is 42.2. The largest absolute Gasteiger partial charge is 0.452 e. The monoisotopic (exact) mass is 386 g/mol. The van der Waals surface area contributed by atoms with Gasteiger partial charge in [-0.2, -0.15) is 13.2 Å². The Morgan fingerprint density at radius 1 is 1.11 bits per heavy atom. The maximum Gasteiger partial charge on any atom is 0.416 e. The van der Waals surface area contributed by atoms with Crippen molar-refractivity contribution >= 4 is 17.9 Å². The topological polar surface area (TPSA) is 84.5 Å². The van der Waals surface area contributed by atoms with Crippen LogP contribution < -0.4 is 10.6 Å². The average Bonchev–Trinajstić information content (AvgIpc) is 2.61. The first-order valence-electron chi connectivity index (χ1n) is 8.61. The van der Waals surface area contributed by atoms with Crippen LogP contribution in [0.3, 0.4) is 0 Å². The molecule has 0 unspecified atom stereocenters. The normalized spacial score (nSPS) is 19.9. The Morgan fingerprint density at radius 3 is 2.33 bits per heavy atom. The second kappa shape index (κ2) is 8.88. The fraction of sp³-hybridized carbons (Fsp3) is 0.500. The van der Waals surface area contributed by atoms with E-state index in [2.05, 4.69) is 10.6 Å². The number of carbonyl (C=O) groups is 3. The zero-order valence-corrected chi connectivity index (χ0v) is 14.8. The Balaban J connectivity index is 1.77. The van der Waals surface area contributed by atoms with E-state index < -0.39 is 36.3 Å². The molecular formula is C18H21F3N2O4. The molecular weight excluding hydrogens is 365 g/mol. The molecule has 0 heterocycles. The SMILES string of the molecule is C[C@@H]1CCCC[C@H]1NC(=O)NC(=O)COC(=O)c1ccc(C(F)(F)F)cc1. The number of rotatable bonds is 4. The van der Waals surface area contributed by atoms with Crippen molar-refractivity contribution in [3.05, 3.63) is 35.4 Å². The summed E-state index contributed by atoms with van der Waals surface area (Å²) in [6.07, 6.45) is -0.547. The molecule has 0 spiro atoms. The zero-order chi connectivity index (χ0) is 20.0. The lowest BCUT2D eigenvalue weighted by Crippen LogP contribution is -2.48. The summed E-state index contributed by atoms with van der Waals surface area (Å²) in [6, 6.07) is 2.73. The minimum absolute atomic E-state index is 0.0127. The Hall–Kier alpha value is -2.58. The van der Waals surface area contributed by atoms with Gasteiger partial charge >= 0.3 is 18.2 Å². The molecule has 0 saturated heterocycles. The number of urea groups is 1. The fourth-order valence-corrected chi connectivity index (χ4v) is 2.91. The van der Waals surface area contributed by atoms with Crippen LogP contribution in [0.1, 0.15) is 48.5 Å². The predicted molar refractivity (Wildman–Crippen MR) is 89.8 cm³/mol. The van der Waals surface area contributed by atoms with Crippen LogP contribution in [0.5, 0.6) is 0 Å². The van der Waals surface area contributed by atoms with Crippen LogP contribution in [0.25, 0.3) is 0 Å². The molecule has 0 radical (unpaired) electrons. The van der Waals surface area contributed by atoms with Crippen molar-refractivity contribution in [1.29, 1.82) is 0 Å². The van der Waals surface area contributed by atoms with Crippen molar-refractivity contribution in [2.45, 2.75) is 44.8 Å². The van der Waals surface area contributed by atoms with E-state index in [1.807, 2.05) is 6.92 Å². The molecule has 1 aromatic carbocycles. The van der Waals surface area contributed by atoms with Crippen LogP contribution in [0.4, 0.5) is 18.0 Å². The van der Waals surface area contributed by atoms with Crippen LogP contribution >= 0.6 is 0 Å². The highest BCUT2D eigenvalue weighted by atomic mass is 19.4. The summed E-state index contributed by atoms with van der Waals surface area (Å²) in [7, 11) is 0. The number of imide groups is 1. The summed E-state index contributed by atoms with van der Waals surface area (Å²) in [6.45, 7) is 1.31. The Kier molecular flexibility index (Phi) is 6.81. The number of amides is 3.